The number of benzene rings is 1. The van der Waals surface area contributed by atoms with Gasteiger partial charge in [0.1, 0.15) is 12.2 Å². The van der Waals surface area contributed by atoms with E-state index in [9.17, 15) is 4.79 Å². The quantitative estimate of drug-likeness (QED) is 0.730. The van der Waals surface area contributed by atoms with Crippen LogP contribution >= 0.6 is 0 Å². The summed E-state index contributed by atoms with van der Waals surface area (Å²) in [6, 6.07) is 5.44. The molecule has 0 fully saturated rings. The number of aromatic amines is 2. The van der Waals surface area contributed by atoms with Gasteiger partial charge in [-0.15, -0.1) is 0 Å². The summed E-state index contributed by atoms with van der Waals surface area (Å²) in [5.74, 6) is 0.583. The maximum atomic E-state index is 12.3. The van der Waals surface area contributed by atoms with Crippen molar-refractivity contribution >= 4 is 16.8 Å². The Kier molecular flexibility index (Phi) is 2.71. The summed E-state index contributed by atoms with van der Waals surface area (Å²) in [6.45, 7) is 0.391. The minimum absolute atomic E-state index is 0.0699. The van der Waals surface area contributed by atoms with Crippen LogP contribution in [0.1, 0.15) is 16.2 Å². The van der Waals surface area contributed by atoms with Crippen molar-refractivity contribution in [3.8, 4) is 0 Å². The molecule has 2 aromatic heterocycles. The first-order chi connectivity index (χ1) is 9.24. The lowest BCUT2D eigenvalue weighted by molar-refractivity contribution is 0.0782. The zero-order chi connectivity index (χ0) is 13.2. The van der Waals surface area contributed by atoms with Gasteiger partial charge in [0.15, 0.2) is 0 Å². The Balaban J connectivity index is 1.82. The fraction of sp³-hybridized carbons (Fsp3) is 0.167. The molecule has 0 radical (unpaired) electrons. The van der Waals surface area contributed by atoms with Gasteiger partial charge >= 0.3 is 0 Å². The lowest BCUT2D eigenvalue weighted by atomic mass is 10.1. The van der Waals surface area contributed by atoms with Gasteiger partial charge in [0.25, 0.3) is 5.91 Å². The van der Waals surface area contributed by atoms with E-state index in [-0.39, 0.29) is 5.91 Å². The van der Waals surface area contributed by atoms with Gasteiger partial charge in [-0.2, -0.15) is 10.2 Å². The number of carbonyl (C=O) groups is 1. The molecule has 7 nitrogen and oxygen atoms in total. The second kappa shape index (κ2) is 4.52. The maximum Gasteiger partial charge on any atom is 0.254 e. The van der Waals surface area contributed by atoms with Crippen LogP contribution in [0.2, 0.25) is 0 Å². The molecule has 0 spiro atoms. The van der Waals surface area contributed by atoms with E-state index in [1.807, 2.05) is 12.1 Å². The molecular formula is C12H12N6O. The normalized spacial score (nSPS) is 10.8. The van der Waals surface area contributed by atoms with E-state index in [0.29, 0.717) is 17.9 Å². The van der Waals surface area contributed by atoms with Crippen LogP contribution in [-0.4, -0.2) is 43.2 Å². The number of fused-ring (bicyclic) bond motifs is 1. The van der Waals surface area contributed by atoms with Crippen LogP contribution in [-0.2, 0) is 6.54 Å². The van der Waals surface area contributed by atoms with Gasteiger partial charge in [0.05, 0.1) is 18.3 Å². The molecule has 0 saturated carbocycles. The highest BCUT2D eigenvalue weighted by molar-refractivity contribution is 5.97. The molecule has 0 unspecified atom stereocenters. The summed E-state index contributed by atoms with van der Waals surface area (Å²) in [7, 11) is 1.73. The highest BCUT2D eigenvalue weighted by Gasteiger charge is 2.13. The number of hydrogen-bond donors (Lipinski definition) is 2. The number of aromatic nitrogens is 5. The van der Waals surface area contributed by atoms with Crippen LogP contribution in [0.15, 0.2) is 30.7 Å². The molecular weight excluding hydrogens is 244 g/mol. The molecule has 19 heavy (non-hydrogen) atoms. The Morgan fingerprint density at radius 3 is 3.00 bits per heavy atom. The lowest BCUT2D eigenvalue weighted by Crippen LogP contribution is -2.26. The molecule has 3 aromatic rings. The van der Waals surface area contributed by atoms with Crippen molar-refractivity contribution in [2.45, 2.75) is 6.54 Å². The first kappa shape index (κ1) is 11.4. The van der Waals surface area contributed by atoms with Gasteiger partial charge in [0, 0.05) is 18.0 Å². The van der Waals surface area contributed by atoms with Crippen molar-refractivity contribution in [3.63, 3.8) is 0 Å². The van der Waals surface area contributed by atoms with E-state index in [4.69, 9.17) is 0 Å². The molecule has 0 aliphatic carbocycles. The van der Waals surface area contributed by atoms with Crippen LogP contribution in [0.25, 0.3) is 10.9 Å². The van der Waals surface area contributed by atoms with E-state index < -0.39 is 0 Å². The van der Waals surface area contributed by atoms with Crippen LogP contribution in [0, 0.1) is 0 Å². The molecule has 7 heteroatoms. The highest BCUT2D eigenvalue weighted by Crippen LogP contribution is 2.14. The molecule has 2 N–H and O–H groups in total. The van der Waals surface area contributed by atoms with Gasteiger partial charge in [0.2, 0.25) is 0 Å². The fourth-order valence-electron chi connectivity index (χ4n) is 1.90. The van der Waals surface area contributed by atoms with Gasteiger partial charge in [-0.05, 0) is 18.2 Å². The number of rotatable bonds is 3. The topological polar surface area (TPSA) is 90.6 Å². The molecule has 1 amide bonds. The first-order valence-corrected chi connectivity index (χ1v) is 5.77. The van der Waals surface area contributed by atoms with E-state index in [0.717, 1.165) is 10.9 Å². The third kappa shape index (κ3) is 2.17. The minimum Gasteiger partial charge on any atom is -0.334 e. The Labute approximate surface area is 108 Å². The zero-order valence-electron chi connectivity index (χ0n) is 10.3. The van der Waals surface area contributed by atoms with Crippen molar-refractivity contribution < 1.29 is 4.79 Å². The number of carbonyl (C=O) groups excluding carboxylic acids is 1. The van der Waals surface area contributed by atoms with E-state index in [1.54, 1.807) is 24.2 Å². The molecule has 1 aromatic carbocycles. The predicted octanol–water partition coefficient (Wildman–Crippen LogP) is 0.953. The summed E-state index contributed by atoms with van der Waals surface area (Å²) < 4.78 is 0. The number of hydrogen-bond acceptors (Lipinski definition) is 4. The number of amides is 1. The van der Waals surface area contributed by atoms with E-state index in [2.05, 4.69) is 25.4 Å². The van der Waals surface area contributed by atoms with Crippen LogP contribution in [0.3, 0.4) is 0 Å². The summed E-state index contributed by atoms with van der Waals surface area (Å²) in [5.41, 5.74) is 1.53. The highest BCUT2D eigenvalue weighted by atomic mass is 16.2. The lowest BCUT2D eigenvalue weighted by Gasteiger charge is -2.15. The van der Waals surface area contributed by atoms with Crippen molar-refractivity contribution in [1.82, 2.24) is 30.3 Å². The predicted molar refractivity (Wildman–Crippen MR) is 68.3 cm³/mol. The van der Waals surface area contributed by atoms with Gasteiger partial charge in [-0.1, -0.05) is 0 Å². The van der Waals surface area contributed by atoms with Crippen molar-refractivity contribution in [1.29, 1.82) is 0 Å². The monoisotopic (exact) mass is 256 g/mol. The van der Waals surface area contributed by atoms with Gasteiger partial charge in [-0.3, -0.25) is 15.0 Å². The Bertz CT molecular complexity index is 702. The molecule has 0 bridgehead atoms. The van der Waals surface area contributed by atoms with Crippen LogP contribution in [0.5, 0.6) is 0 Å². The number of nitrogens with zero attached hydrogens (tertiary/aromatic N) is 4. The SMILES string of the molecule is CN(Cc1ncn[nH]1)C(=O)c1ccc2[nH]ncc2c1. The summed E-state index contributed by atoms with van der Waals surface area (Å²) in [5, 5.41) is 14.2. The standard InChI is InChI=1S/C12H12N6O/c1-18(6-11-13-7-15-17-11)12(19)8-2-3-10-9(4-8)5-14-16-10/h2-5,7H,6H2,1H3,(H,14,16)(H,13,15,17). The second-order valence-corrected chi connectivity index (χ2v) is 4.27. The Morgan fingerprint density at radius 2 is 2.21 bits per heavy atom. The van der Waals surface area contributed by atoms with Crippen LogP contribution < -0.4 is 0 Å². The maximum absolute atomic E-state index is 12.3. The third-order valence-electron chi connectivity index (χ3n) is 2.89. The molecule has 0 atom stereocenters. The molecule has 96 valence electrons. The summed E-state index contributed by atoms with van der Waals surface area (Å²) >= 11 is 0. The van der Waals surface area contributed by atoms with Crippen molar-refractivity contribution in [2.75, 3.05) is 7.05 Å². The molecule has 2 heterocycles. The van der Waals surface area contributed by atoms with Crippen LogP contribution in [0.4, 0.5) is 0 Å². The number of nitrogens with one attached hydrogen (secondary N) is 2. The molecule has 0 aliphatic heterocycles. The molecule has 3 rings (SSSR count). The third-order valence-corrected chi connectivity index (χ3v) is 2.89. The molecule has 0 aliphatic rings. The average molecular weight is 256 g/mol. The summed E-state index contributed by atoms with van der Waals surface area (Å²) in [4.78, 5) is 17.9. The largest absolute Gasteiger partial charge is 0.334 e. The zero-order valence-corrected chi connectivity index (χ0v) is 10.3. The first-order valence-electron chi connectivity index (χ1n) is 5.77. The van der Waals surface area contributed by atoms with Gasteiger partial charge < -0.3 is 4.90 Å². The van der Waals surface area contributed by atoms with Crippen molar-refractivity contribution in [3.05, 3.63) is 42.1 Å². The second-order valence-electron chi connectivity index (χ2n) is 4.27. The van der Waals surface area contributed by atoms with E-state index in [1.165, 1.54) is 6.33 Å². The van der Waals surface area contributed by atoms with E-state index >= 15 is 0 Å². The smallest absolute Gasteiger partial charge is 0.254 e. The Hall–Kier alpha value is -2.70. The Morgan fingerprint density at radius 1 is 1.32 bits per heavy atom. The average Bonchev–Trinajstić information content (AvgIpc) is 3.07. The van der Waals surface area contributed by atoms with Crippen molar-refractivity contribution in [2.24, 2.45) is 0 Å². The van der Waals surface area contributed by atoms with Gasteiger partial charge in [-0.25, -0.2) is 4.98 Å². The number of H-pyrrole nitrogens is 2. The fourth-order valence-corrected chi connectivity index (χ4v) is 1.90. The summed E-state index contributed by atoms with van der Waals surface area (Å²) in [6.07, 6.45) is 3.12. The molecule has 0 saturated heterocycles. The minimum atomic E-state index is -0.0699.